The number of hydrogen-bond acceptors (Lipinski definition) is 5. The van der Waals surface area contributed by atoms with Crippen LogP contribution in [0.3, 0.4) is 0 Å². The summed E-state index contributed by atoms with van der Waals surface area (Å²) in [5.41, 5.74) is 3.09. The van der Waals surface area contributed by atoms with Crippen molar-refractivity contribution in [3.8, 4) is 11.5 Å². The van der Waals surface area contributed by atoms with Crippen LogP contribution >= 0.6 is 11.8 Å². The summed E-state index contributed by atoms with van der Waals surface area (Å²) < 4.78 is 25.0. The number of carbonyl (C=O) groups excluding carboxylic acids is 2. The van der Waals surface area contributed by atoms with Crippen molar-refractivity contribution >= 4 is 29.0 Å². The summed E-state index contributed by atoms with van der Waals surface area (Å²) in [7, 11) is 1.50. The number of carbonyl (C=O) groups is 2. The standard InChI is InChI=1S/C26H22FNO4S/c1-17-6-5-7-19(12-17)15-28-25(29)24(33-26(28)30)14-18-10-11-22(23(13-18)31-2)32-16-20-8-3-4-9-21(20)27/h3-14H,15-16H2,1-2H3/b24-14-. The van der Waals surface area contributed by atoms with Gasteiger partial charge in [-0.25, -0.2) is 4.39 Å². The van der Waals surface area contributed by atoms with Crippen molar-refractivity contribution in [3.05, 3.63) is 99.7 Å². The SMILES string of the molecule is COc1cc(/C=C2\SC(=O)N(Cc3cccc(C)c3)C2=O)ccc1OCc1ccccc1F. The minimum Gasteiger partial charge on any atom is -0.493 e. The van der Waals surface area contributed by atoms with Crippen molar-refractivity contribution in [2.75, 3.05) is 7.11 Å². The molecule has 0 N–H and O–H groups in total. The highest BCUT2D eigenvalue weighted by Crippen LogP contribution is 2.35. The van der Waals surface area contributed by atoms with Crippen LogP contribution in [-0.4, -0.2) is 23.2 Å². The molecule has 0 atom stereocenters. The van der Waals surface area contributed by atoms with Crippen LogP contribution in [0, 0.1) is 12.7 Å². The molecule has 5 nitrogen and oxygen atoms in total. The van der Waals surface area contributed by atoms with Gasteiger partial charge in [-0.1, -0.05) is 54.1 Å². The molecule has 1 fully saturated rings. The maximum Gasteiger partial charge on any atom is 0.293 e. The Hall–Kier alpha value is -3.58. The minimum absolute atomic E-state index is 0.0558. The topological polar surface area (TPSA) is 55.8 Å². The number of hydrogen-bond donors (Lipinski definition) is 0. The fraction of sp³-hybridized carbons (Fsp3) is 0.154. The summed E-state index contributed by atoms with van der Waals surface area (Å²) in [5.74, 6) is 0.226. The maximum atomic E-state index is 13.8. The van der Waals surface area contributed by atoms with Crippen LogP contribution in [0.2, 0.25) is 0 Å². The second-order valence-electron chi connectivity index (χ2n) is 7.55. The van der Waals surface area contributed by atoms with Gasteiger partial charge >= 0.3 is 0 Å². The molecule has 0 aromatic heterocycles. The van der Waals surface area contributed by atoms with Crippen LogP contribution < -0.4 is 9.47 Å². The third kappa shape index (κ3) is 5.26. The van der Waals surface area contributed by atoms with Crippen LogP contribution in [0.4, 0.5) is 9.18 Å². The molecule has 2 amide bonds. The van der Waals surface area contributed by atoms with Gasteiger partial charge in [0.15, 0.2) is 11.5 Å². The van der Waals surface area contributed by atoms with E-state index in [0.29, 0.717) is 27.5 Å². The molecule has 0 radical (unpaired) electrons. The van der Waals surface area contributed by atoms with E-state index >= 15 is 0 Å². The van der Waals surface area contributed by atoms with Gasteiger partial charge in [-0.3, -0.25) is 14.5 Å². The zero-order valence-corrected chi connectivity index (χ0v) is 19.0. The van der Waals surface area contributed by atoms with E-state index in [1.807, 2.05) is 31.2 Å². The molecule has 7 heteroatoms. The summed E-state index contributed by atoms with van der Waals surface area (Å²) >= 11 is 0.912. The molecule has 0 aliphatic carbocycles. The number of imide groups is 1. The first-order chi connectivity index (χ1) is 15.9. The van der Waals surface area contributed by atoms with E-state index in [2.05, 4.69) is 0 Å². The summed E-state index contributed by atoms with van der Waals surface area (Å²) in [6.07, 6.45) is 1.66. The number of amides is 2. The molecule has 1 aliphatic heterocycles. The maximum absolute atomic E-state index is 13.8. The monoisotopic (exact) mass is 463 g/mol. The molecule has 0 spiro atoms. The van der Waals surface area contributed by atoms with Crippen LogP contribution in [0.25, 0.3) is 6.08 Å². The molecule has 4 rings (SSSR count). The van der Waals surface area contributed by atoms with E-state index in [4.69, 9.17) is 9.47 Å². The van der Waals surface area contributed by atoms with E-state index < -0.39 is 0 Å². The van der Waals surface area contributed by atoms with Crippen molar-refractivity contribution in [3.63, 3.8) is 0 Å². The largest absolute Gasteiger partial charge is 0.493 e. The Kier molecular flexibility index (Phi) is 6.79. The van der Waals surface area contributed by atoms with Gasteiger partial charge in [-0.15, -0.1) is 0 Å². The fourth-order valence-corrected chi connectivity index (χ4v) is 4.28. The highest BCUT2D eigenvalue weighted by Gasteiger charge is 2.35. The summed E-state index contributed by atoms with van der Waals surface area (Å²) in [4.78, 5) is 26.9. The number of ether oxygens (including phenoxy) is 2. The third-order valence-corrected chi connectivity index (χ3v) is 6.03. The summed E-state index contributed by atoms with van der Waals surface area (Å²) in [6, 6.07) is 19.3. The number of thioether (sulfide) groups is 1. The van der Waals surface area contributed by atoms with Gasteiger partial charge in [-0.05, 0) is 54.1 Å². The quantitative estimate of drug-likeness (QED) is 0.405. The van der Waals surface area contributed by atoms with Crippen LogP contribution in [0.15, 0.2) is 71.6 Å². The average molecular weight is 464 g/mol. The second-order valence-corrected chi connectivity index (χ2v) is 8.54. The Morgan fingerprint density at radius 3 is 2.58 bits per heavy atom. The van der Waals surface area contributed by atoms with Gasteiger partial charge in [0.1, 0.15) is 12.4 Å². The zero-order chi connectivity index (χ0) is 23.4. The van der Waals surface area contributed by atoms with Gasteiger partial charge < -0.3 is 9.47 Å². The molecular formula is C26H22FNO4S. The van der Waals surface area contributed by atoms with Crippen molar-refractivity contribution in [2.45, 2.75) is 20.1 Å². The lowest BCUT2D eigenvalue weighted by Gasteiger charge is -2.13. The van der Waals surface area contributed by atoms with Gasteiger partial charge in [0, 0.05) is 5.56 Å². The van der Waals surface area contributed by atoms with Crippen LogP contribution in [0.5, 0.6) is 11.5 Å². The molecule has 3 aromatic rings. The lowest BCUT2D eigenvalue weighted by molar-refractivity contribution is -0.123. The van der Waals surface area contributed by atoms with E-state index in [0.717, 1.165) is 22.9 Å². The first kappa shape index (κ1) is 22.6. The Morgan fingerprint density at radius 1 is 1.00 bits per heavy atom. The number of halogens is 1. The molecule has 1 saturated heterocycles. The van der Waals surface area contributed by atoms with Crippen LogP contribution in [0.1, 0.15) is 22.3 Å². The molecule has 0 bridgehead atoms. The number of benzene rings is 3. The third-order valence-electron chi connectivity index (χ3n) is 5.12. The van der Waals surface area contributed by atoms with E-state index in [-0.39, 0.29) is 30.1 Å². The van der Waals surface area contributed by atoms with E-state index in [9.17, 15) is 14.0 Å². The number of rotatable bonds is 7. The molecule has 1 aliphatic rings. The Bertz CT molecular complexity index is 1240. The smallest absolute Gasteiger partial charge is 0.293 e. The fourth-order valence-electron chi connectivity index (χ4n) is 3.44. The molecular weight excluding hydrogens is 441 g/mol. The van der Waals surface area contributed by atoms with Crippen LogP contribution in [-0.2, 0) is 17.9 Å². The van der Waals surface area contributed by atoms with Crippen molar-refractivity contribution in [2.24, 2.45) is 0 Å². The normalized spacial score (nSPS) is 14.8. The van der Waals surface area contributed by atoms with Crippen molar-refractivity contribution in [1.82, 2.24) is 4.90 Å². The first-order valence-corrected chi connectivity index (χ1v) is 11.1. The average Bonchev–Trinajstić information content (AvgIpc) is 3.06. The predicted molar refractivity (Wildman–Crippen MR) is 126 cm³/mol. The van der Waals surface area contributed by atoms with Gasteiger partial charge in [-0.2, -0.15) is 0 Å². The van der Waals surface area contributed by atoms with Gasteiger partial charge in [0.25, 0.3) is 11.1 Å². The Morgan fingerprint density at radius 2 is 1.82 bits per heavy atom. The molecule has 0 saturated carbocycles. The summed E-state index contributed by atoms with van der Waals surface area (Å²) in [5, 5.41) is -0.301. The molecule has 168 valence electrons. The molecule has 3 aromatic carbocycles. The Balaban J connectivity index is 1.49. The Labute approximate surface area is 195 Å². The highest BCUT2D eigenvalue weighted by atomic mass is 32.2. The van der Waals surface area contributed by atoms with E-state index in [1.165, 1.54) is 18.1 Å². The minimum atomic E-state index is -0.338. The van der Waals surface area contributed by atoms with Gasteiger partial charge in [0.05, 0.1) is 18.6 Å². The molecule has 1 heterocycles. The molecule has 0 unspecified atom stereocenters. The molecule has 33 heavy (non-hydrogen) atoms. The predicted octanol–water partition coefficient (Wildman–Crippen LogP) is 5.96. The van der Waals surface area contributed by atoms with E-state index in [1.54, 1.807) is 42.5 Å². The number of aryl methyl sites for hydroxylation is 1. The highest BCUT2D eigenvalue weighted by molar-refractivity contribution is 8.18. The van der Waals surface area contributed by atoms with Crippen molar-refractivity contribution < 1.29 is 23.5 Å². The number of methoxy groups -OCH3 is 1. The lowest BCUT2D eigenvalue weighted by Crippen LogP contribution is -2.27. The first-order valence-electron chi connectivity index (χ1n) is 10.3. The summed E-state index contributed by atoms with van der Waals surface area (Å²) in [6.45, 7) is 2.25. The van der Waals surface area contributed by atoms with Crippen molar-refractivity contribution in [1.29, 1.82) is 0 Å². The number of nitrogens with zero attached hydrogens (tertiary/aromatic N) is 1. The second kappa shape index (κ2) is 9.92. The lowest BCUT2D eigenvalue weighted by atomic mass is 10.1. The van der Waals surface area contributed by atoms with Gasteiger partial charge in [0.2, 0.25) is 0 Å². The zero-order valence-electron chi connectivity index (χ0n) is 18.2.